The fourth-order valence-corrected chi connectivity index (χ4v) is 3.65. The van der Waals surface area contributed by atoms with E-state index in [0.717, 1.165) is 12.0 Å². The fourth-order valence-electron chi connectivity index (χ4n) is 3.65. The maximum Gasteiger partial charge on any atom is 0.257 e. The van der Waals surface area contributed by atoms with Gasteiger partial charge in [0.15, 0.2) is 5.76 Å². The second kappa shape index (κ2) is 9.18. The van der Waals surface area contributed by atoms with E-state index < -0.39 is 0 Å². The van der Waals surface area contributed by atoms with Crippen molar-refractivity contribution in [1.29, 1.82) is 0 Å². The molecule has 2 aromatic heterocycles. The number of hydrogen-bond donors (Lipinski definition) is 1. The van der Waals surface area contributed by atoms with Gasteiger partial charge in [-0.15, -0.1) is 0 Å². The number of carbonyl (C=O) groups excluding carboxylic acids is 1. The summed E-state index contributed by atoms with van der Waals surface area (Å²) in [5.41, 5.74) is 4.22. The zero-order chi connectivity index (χ0) is 20.8. The maximum absolute atomic E-state index is 12.9. The summed E-state index contributed by atoms with van der Waals surface area (Å²) in [6.07, 6.45) is 4.13. The van der Waals surface area contributed by atoms with Crippen LogP contribution in [0, 0.1) is 6.92 Å². The van der Waals surface area contributed by atoms with E-state index in [1.165, 1.54) is 11.1 Å². The number of rotatable bonds is 7. The van der Waals surface area contributed by atoms with Crippen LogP contribution in [0.4, 0.5) is 0 Å². The number of aryl methyl sites for hydroxylation is 1. The number of carbonyl (C=O) groups is 1. The number of nitrogens with one attached hydrogen (secondary N) is 1. The highest BCUT2D eigenvalue weighted by Gasteiger charge is 2.22. The lowest BCUT2D eigenvalue weighted by atomic mass is 9.88. The zero-order valence-corrected chi connectivity index (χ0v) is 16.8. The Kier molecular flexibility index (Phi) is 5.99. The topological polar surface area (TPSA) is 68.0 Å². The molecule has 5 nitrogen and oxygen atoms in total. The number of hydrogen-bond acceptors (Lipinski definition) is 4. The van der Waals surface area contributed by atoms with Crippen LogP contribution in [0.3, 0.4) is 0 Å². The summed E-state index contributed by atoms with van der Waals surface area (Å²) in [7, 11) is 0. The van der Waals surface area contributed by atoms with E-state index in [1.807, 2.05) is 42.5 Å². The molecule has 0 spiro atoms. The van der Waals surface area contributed by atoms with Crippen LogP contribution in [0.15, 0.2) is 89.7 Å². The summed E-state index contributed by atoms with van der Waals surface area (Å²) < 4.78 is 5.42. The van der Waals surface area contributed by atoms with E-state index in [4.69, 9.17) is 4.52 Å². The van der Waals surface area contributed by atoms with Gasteiger partial charge >= 0.3 is 0 Å². The molecule has 1 N–H and O–H groups in total. The minimum absolute atomic E-state index is 0.188. The van der Waals surface area contributed by atoms with Gasteiger partial charge < -0.3 is 9.84 Å². The standard InChI is InChI=1S/C25H23N3O2/c1-18-23(24(30-28-18)21-13-8-15-26-17-21)25(29)27-16-14-22(19-9-4-2-5-10-19)20-11-6-3-7-12-20/h2-13,15,17,22H,14,16H2,1H3,(H,27,29). The molecule has 2 aromatic carbocycles. The van der Waals surface area contributed by atoms with Crippen molar-refractivity contribution >= 4 is 5.91 Å². The van der Waals surface area contributed by atoms with Crippen LogP contribution in [-0.4, -0.2) is 22.6 Å². The molecule has 0 saturated heterocycles. The molecule has 5 heteroatoms. The number of benzene rings is 2. The van der Waals surface area contributed by atoms with E-state index >= 15 is 0 Å². The first-order valence-corrected chi connectivity index (χ1v) is 9.99. The van der Waals surface area contributed by atoms with Crippen LogP contribution >= 0.6 is 0 Å². The summed E-state index contributed by atoms with van der Waals surface area (Å²) in [5.74, 6) is 0.460. The normalized spacial score (nSPS) is 10.9. The predicted molar refractivity (Wildman–Crippen MR) is 116 cm³/mol. The molecule has 0 aliphatic heterocycles. The smallest absolute Gasteiger partial charge is 0.257 e. The fraction of sp³-hybridized carbons (Fsp3) is 0.160. The molecular weight excluding hydrogens is 374 g/mol. The summed E-state index contributed by atoms with van der Waals surface area (Å²) in [4.78, 5) is 17.0. The van der Waals surface area contributed by atoms with Gasteiger partial charge in [-0.05, 0) is 36.6 Å². The number of nitrogens with zero attached hydrogens (tertiary/aromatic N) is 2. The Morgan fingerprint density at radius 2 is 1.63 bits per heavy atom. The van der Waals surface area contributed by atoms with Crippen LogP contribution in [0.5, 0.6) is 0 Å². The summed E-state index contributed by atoms with van der Waals surface area (Å²) in [6, 6.07) is 24.4. The van der Waals surface area contributed by atoms with Crippen LogP contribution in [0.25, 0.3) is 11.3 Å². The van der Waals surface area contributed by atoms with Crippen molar-refractivity contribution in [2.45, 2.75) is 19.3 Å². The molecule has 4 aromatic rings. The second-order valence-corrected chi connectivity index (χ2v) is 7.13. The second-order valence-electron chi connectivity index (χ2n) is 7.13. The molecule has 30 heavy (non-hydrogen) atoms. The Bertz CT molecular complexity index is 1050. The molecule has 0 saturated carbocycles. The van der Waals surface area contributed by atoms with Crippen molar-refractivity contribution in [3.63, 3.8) is 0 Å². The first-order chi connectivity index (χ1) is 14.7. The molecule has 0 unspecified atom stereocenters. The third kappa shape index (κ3) is 4.30. The summed E-state index contributed by atoms with van der Waals surface area (Å²) in [6.45, 7) is 2.30. The van der Waals surface area contributed by atoms with Gasteiger partial charge in [-0.2, -0.15) is 0 Å². The van der Waals surface area contributed by atoms with Crippen molar-refractivity contribution in [2.75, 3.05) is 6.54 Å². The molecule has 1 amide bonds. The predicted octanol–water partition coefficient (Wildman–Crippen LogP) is 5.00. The van der Waals surface area contributed by atoms with Gasteiger partial charge in [-0.25, -0.2) is 0 Å². The highest BCUT2D eigenvalue weighted by atomic mass is 16.5. The van der Waals surface area contributed by atoms with Crippen molar-refractivity contribution in [3.8, 4) is 11.3 Å². The Morgan fingerprint density at radius 3 is 2.23 bits per heavy atom. The van der Waals surface area contributed by atoms with Crippen LogP contribution in [0.2, 0.25) is 0 Å². The minimum atomic E-state index is -0.188. The van der Waals surface area contributed by atoms with Crippen LogP contribution in [0.1, 0.15) is 39.5 Å². The van der Waals surface area contributed by atoms with E-state index in [1.54, 1.807) is 25.4 Å². The molecular formula is C25H23N3O2. The Morgan fingerprint density at radius 1 is 0.967 bits per heavy atom. The number of pyridine rings is 1. The average Bonchev–Trinajstić information content (AvgIpc) is 3.20. The molecule has 2 heterocycles. The molecule has 150 valence electrons. The lowest BCUT2D eigenvalue weighted by Gasteiger charge is -2.18. The van der Waals surface area contributed by atoms with E-state index in [0.29, 0.717) is 23.6 Å². The molecule has 0 aliphatic rings. The van der Waals surface area contributed by atoms with Gasteiger partial charge in [0.1, 0.15) is 5.56 Å². The first-order valence-electron chi connectivity index (χ1n) is 9.99. The van der Waals surface area contributed by atoms with Gasteiger partial charge in [-0.3, -0.25) is 9.78 Å². The van der Waals surface area contributed by atoms with Crippen LogP contribution in [-0.2, 0) is 0 Å². The van der Waals surface area contributed by atoms with E-state index in [9.17, 15) is 4.79 Å². The largest absolute Gasteiger partial charge is 0.355 e. The van der Waals surface area contributed by atoms with Gasteiger partial charge in [0.25, 0.3) is 5.91 Å². The number of amides is 1. The highest BCUT2D eigenvalue weighted by Crippen LogP contribution is 2.28. The van der Waals surface area contributed by atoms with Crippen LogP contribution < -0.4 is 5.32 Å². The monoisotopic (exact) mass is 397 g/mol. The zero-order valence-electron chi connectivity index (χ0n) is 16.8. The molecule has 0 atom stereocenters. The third-order valence-electron chi connectivity index (χ3n) is 5.14. The molecule has 0 aliphatic carbocycles. The van der Waals surface area contributed by atoms with Crippen molar-refractivity contribution in [2.24, 2.45) is 0 Å². The quantitative estimate of drug-likeness (QED) is 0.477. The summed E-state index contributed by atoms with van der Waals surface area (Å²) >= 11 is 0. The number of aromatic nitrogens is 2. The Labute approximate surface area is 175 Å². The van der Waals surface area contributed by atoms with Gasteiger partial charge in [0.05, 0.1) is 5.69 Å². The molecule has 0 radical (unpaired) electrons. The minimum Gasteiger partial charge on any atom is -0.355 e. The maximum atomic E-state index is 12.9. The van der Waals surface area contributed by atoms with Gasteiger partial charge in [-0.1, -0.05) is 65.8 Å². The van der Waals surface area contributed by atoms with E-state index in [-0.39, 0.29) is 11.8 Å². The lowest BCUT2D eigenvalue weighted by Crippen LogP contribution is -2.26. The van der Waals surface area contributed by atoms with Crippen molar-refractivity contribution < 1.29 is 9.32 Å². The SMILES string of the molecule is Cc1noc(-c2cccnc2)c1C(=O)NCCC(c1ccccc1)c1ccccc1. The molecule has 0 bridgehead atoms. The molecule has 0 fully saturated rings. The van der Waals surface area contributed by atoms with Crippen molar-refractivity contribution in [3.05, 3.63) is 108 Å². The average molecular weight is 397 g/mol. The summed E-state index contributed by atoms with van der Waals surface area (Å²) in [5, 5.41) is 7.04. The lowest BCUT2D eigenvalue weighted by molar-refractivity contribution is 0.0952. The van der Waals surface area contributed by atoms with E-state index in [2.05, 4.69) is 39.7 Å². The Hall–Kier alpha value is -3.73. The van der Waals surface area contributed by atoms with Gasteiger partial charge in [0, 0.05) is 30.4 Å². The Balaban J connectivity index is 1.49. The molecule has 4 rings (SSSR count). The van der Waals surface area contributed by atoms with Gasteiger partial charge in [0.2, 0.25) is 0 Å². The third-order valence-corrected chi connectivity index (χ3v) is 5.14. The first kappa shape index (κ1) is 19.6. The van der Waals surface area contributed by atoms with Crippen molar-refractivity contribution in [1.82, 2.24) is 15.5 Å². The highest BCUT2D eigenvalue weighted by molar-refractivity contribution is 6.00.